The number of rotatable bonds is 13. The number of hydrogen-bond acceptors (Lipinski definition) is 0. The van der Waals surface area contributed by atoms with Gasteiger partial charge < -0.3 is 0 Å². The summed E-state index contributed by atoms with van der Waals surface area (Å²) >= 11 is 0. The standard InChI is InChI=1S/C31H46/c1-3-5-7-8-9-11-27-14-18-29(19-15-27)25-31-22-20-30(21-23-31)24-28-16-12-26(13-17-28)10-6-4-2/h12-19,30-31H,3-11,20-25H2,1-2H3/t30-,31-. The molecule has 1 aliphatic carbocycles. The second kappa shape index (κ2) is 13.8. The van der Waals surface area contributed by atoms with Gasteiger partial charge in [-0.1, -0.05) is 94.5 Å². The fourth-order valence-corrected chi connectivity index (χ4v) is 5.30. The lowest BCUT2D eigenvalue weighted by molar-refractivity contribution is 0.272. The molecule has 0 aromatic heterocycles. The highest BCUT2D eigenvalue weighted by Crippen LogP contribution is 2.33. The predicted molar refractivity (Wildman–Crippen MR) is 137 cm³/mol. The second-order valence-corrected chi connectivity index (χ2v) is 10.2. The van der Waals surface area contributed by atoms with Gasteiger partial charge in [0.1, 0.15) is 0 Å². The zero-order valence-electron chi connectivity index (χ0n) is 20.4. The molecule has 0 aliphatic heterocycles. The quantitative estimate of drug-likeness (QED) is 0.284. The molecular weight excluding hydrogens is 372 g/mol. The van der Waals surface area contributed by atoms with Crippen LogP contribution in [0.3, 0.4) is 0 Å². The van der Waals surface area contributed by atoms with Crippen LogP contribution in [0.25, 0.3) is 0 Å². The molecule has 0 spiro atoms. The van der Waals surface area contributed by atoms with Crippen molar-refractivity contribution in [3.05, 3.63) is 70.8 Å². The monoisotopic (exact) mass is 418 g/mol. The van der Waals surface area contributed by atoms with E-state index in [1.807, 2.05) is 0 Å². The van der Waals surface area contributed by atoms with Crippen molar-refractivity contribution in [1.29, 1.82) is 0 Å². The van der Waals surface area contributed by atoms with Crippen molar-refractivity contribution < 1.29 is 0 Å². The van der Waals surface area contributed by atoms with Crippen molar-refractivity contribution >= 4 is 0 Å². The van der Waals surface area contributed by atoms with Crippen LogP contribution >= 0.6 is 0 Å². The molecule has 0 nitrogen and oxygen atoms in total. The molecule has 0 heterocycles. The minimum Gasteiger partial charge on any atom is -0.0654 e. The molecule has 0 amide bonds. The Labute approximate surface area is 192 Å². The average molecular weight is 419 g/mol. The normalized spacial score (nSPS) is 18.9. The molecule has 31 heavy (non-hydrogen) atoms. The summed E-state index contributed by atoms with van der Waals surface area (Å²) in [7, 11) is 0. The van der Waals surface area contributed by atoms with Gasteiger partial charge in [-0.15, -0.1) is 0 Å². The van der Waals surface area contributed by atoms with Crippen LogP contribution in [0.15, 0.2) is 48.5 Å². The summed E-state index contributed by atoms with van der Waals surface area (Å²) in [5.41, 5.74) is 6.15. The lowest BCUT2D eigenvalue weighted by atomic mass is 9.77. The number of unbranched alkanes of at least 4 members (excludes halogenated alkanes) is 5. The number of aryl methyl sites for hydroxylation is 2. The van der Waals surface area contributed by atoms with E-state index in [1.54, 1.807) is 11.1 Å². The zero-order valence-corrected chi connectivity index (χ0v) is 20.4. The van der Waals surface area contributed by atoms with Crippen LogP contribution in [0, 0.1) is 11.8 Å². The molecule has 3 rings (SSSR count). The van der Waals surface area contributed by atoms with Gasteiger partial charge in [-0.2, -0.15) is 0 Å². The lowest BCUT2D eigenvalue weighted by Crippen LogP contribution is -2.18. The molecular formula is C31H46. The van der Waals surface area contributed by atoms with E-state index in [-0.39, 0.29) is 0 Å². The average Bonchev–Trinajstić information content (AvgIpc) is 2.81. The van der Waals surface area contributed by atoms with Crippen molar-refractivity contribution in [2.24, 2.45) is 11.8 Å². The van der Waals surface area contributed by atoms with Crippen LogP contribution in [0.4, 0.5) is 0 Å². The van der Waals surface area contributed by atoms with Gasteiger partial charge in [0.25, 0.3) is 0 Å². The third-order valence-corrected chi connectivity index (χ3v) is 7.45. The van der Waals surface area contributed by atoms with Gasteiger partial charge in [0.15, 0.2) is 0 Å². The van der Waals surface area contributed by atoms with E-state index in [2.05, 4.69) is 62.4 Å². The molecule has 0 N–H and O–H groups in total. The van der Waals surface area contributed by atoms with E-state index in [9.17, 15) is 0 Å². The van der Waals surface area contributed by atoms with Crippen LogP contribution in [0.2, 0.25) is 0 Å². The van der Waals surface area contributed by atoms with Crippen molar-refractivity contribution in [3.63, 3.8) is 0 Å². The molecule has 2 aromatic carbocycles. The summed E-state index contributed by atoms with van der Waals surface area (Å²) in [6.07, 6.45) is 20.2. The molecule has 0 saturated heterocycles. The molecule has 1 aliphatic rings. The third-order valence-electron chi connectivity index (χ3n) is 7.45. The van der Waals surface area contributed by atoms with Gasteiger partial charge >= 0.3 is 0 Å². The topological polar surface area (TPSA) is 0 Å². The number of hydrogen-bond donors (Lipinski definition) is 0. The van der Waals surface area contributed by atoms with Gasteiger partial charge in [-0.3, -0.25) is 0 Å². The van der Waals surface area contributed by atoms with Crippen molar-refractivity contribution in [1.82, 2.24) is 0 Å². The highest BCUT2D eigenvalue weighted by molar-refractivity contribution is 5.24. The smallest absolute Gasteiger partial charge is 0.0250 e. The molecule has 0 unspecified atom stereocenters. The maximum absolute atomic E-state index is 2.41. The largest absolute Gasteiger partial charge is 0.0654 e. The first-order valence-electron chi connectivity index (χ1n) is 13.4. The van der Waals surface area contributed by atoms with Crippen molar-refractivity contribution in [2.45, 2.75) is 110 Å². The van der Waals surface area contributed by atoms with E-state index in [0.29, 0.717) is 0 Å². The third kappa shape index (κ3) is 8.83. The maximum Gasteiger partial charge on any atom is -0.0250 e. The van der Waals surface area contributed by atoms with Crippen LogP contribution < -0.4 is 0 Å². The van der Waals surface area contributed by atoms with E-state index in [0.717, 1.165) is 11.8 Å². The Kier molecular flexibility index (Phi) is 10.7. The van der Waals surface area contributed by atoms with Crippen LogP contribution in [-0.4, -0.2) is 0 Å². The van der Waals surface area contributed by atoms with E-state index >= 15 is 0 Å². The molecule has 1 fully saturated rings. The molecule has 0 bridgehead atoms. The summed E-state index contributed by atoms with van der Waals surface area (Å²) in [6.45, 7) is 4.56. The lowest BCUT2D eigenvalue weighted by Gasteiger charge is -2.28. The Morgan fingerprint density at radius 2 is 0.871 bits per heavy atom. The first-order valence-corrected chi connectivity index (χ1v) is 13.4. The molecule has 0 heteroatoms. The van der Waals surface area contributed by atoms with E-state index in [1.165, 1.54) is 107 Å². The maximum atomic E-state index is 2.41. The molecule has 1 saturated carbocycles. The second-order valence-electron chi connectivity index (χ2n) is 10.2. The summed E-state index contributed by atoms with van der Waals surface area (Å²) < 4.78 is 0. The van der Waals surface area contributed by atoms with Crippen LogP contribution in [0.5, 0.6) is 0 Å². The van der Waals surface area contributed by atoms with Gasteiger partial charge in [0, 0.05) is 0 Å². The minimum absolute atomic E-state index is 0.896. The molecule has 170 valence electrons. The SMILES string of the molecule is CCCCCCCc1ccc(C[C@H]2CC[C@H](Cc3ccc(CCCC)cc3)CC2)cc1. The minimum atomic E-state index is 0.896. The summed E-state index contributed by atoms with van der Waals surface area (Å²) in [4.78, 5) is 0. The fraction of sp³-hybridized carbons (Fsp3) is 0.613. The van der Waals surface area contributed by atoms with E-state index in [4.69, 9.17) is 0 Å². The Morgan fingerprint density at radius 1 is 0.484 bits per heavy atom. The van der Waals surface area contributed by atoms with Gasteiger partial charge in [0.05, 0.1) is 0 Å². The summed E-state index contributed by atoms with van der Waals surface area (Å²) in [5, 5.41) is 0. The van der Waals surface area contributed by atoms with Crippen molar-refractivity contribution in [2.75, 3.05) is 0 Å². The highest BCUT2D eigenvalue weighted by atomic mass is 14.3. The van der Waals surface area contributed by atoms with Gasteiger partial charge in [-0.05, 0) is 98.3 Å². The van der Waals surface area contributed by atoms with Gasteiger partial charge in [-0.25, -0.2) is 0 Å². The molecule has 0 atom stereocenters. The van der Waals surface area contributed by atoms with Crippen LogP contribution in [0.1, 0.15) is 107 Å². The molecule has 2 aromatic rings. The zero-order chi connectivity index (χ0) is 21.7. The molecule has 0 radical (unpaired) electrons. The highest BCUT2D eigenvalue weighted by Gasteiger charge is 2.21. The Balaban J connectivity index is 1.35. The summed E-state index contributed by atoms with van der Waals surface area (Å²) in [5.74, 6) is 1.79. The van der Waals surface area contributed by atoms with Gasteiger partial charge in [0.2, 0.25) is 0 Å². The first kappa shape index (κ1) is 24.1. The predicted octanol–water partition coefficient (Wildman–Crippen LogP) is 9.13. The Bertz CT molecular complexity index is 701. The van der Waals surface area contributed by atoms with Crippen molar-refractivity contribution in [3.8, 4) is 0 Å². The Hall–Kier alpha value is -1.56. The van der Waals surface area contributed by atoms with Crippen LogP contribution in [-0.2, 0) is 25.7 Å². The van der Waals surface area contributed by atoms with E-state index < -0.39 is 0 Å². The first-order chi connectivity index (χ1) is 15.3. The fourth-order valence-electron chi connectivity index (χ4n) is 5.30. The Morgan fingerprint density at radius 3 is 1.32 bits per heavy atom. The number of benzene rings is 2. The summed E-state index contributed by atoms with van der Waals surface area (Å²) in [6, 6.07) is 19.1.